The number of hydrogen-bond acceptors (Lipinski definition) is 3. The summed E-state index contributed by atoms with van der Waals surface area (Å²) in [5, 5.41) is 4.77. The molecule has 0 aliphatic heterocycles. The topological polar surface area (TPSA) is 24.9 Å². The average Bonchev–Trinajstić information content (AvgIpc) is 3.18. The predicted molar refractivity (Wildman–Crippen MR) is 81.4 cm³/mol. The molecule has 1 atom stereocenters. The standard InChI is InChI=1S/C16H20N2S/c1-11(17-10-13-8-9-13)15-12(2)18-16(19-15)14-6-4-3-5-7-14/h3-7,11,13,17H,8-10H2,1-2H3. The Balaban J connectivity index is 1.76. The quantitative estimate of drug-likeness (QED) is 0.883. The lowest BCUT2D eigenvalue weighted by atomic mass is 10.2. The van der Waals surface area contributed by atoms with Crippen molar-refractivity contribution in [3.8, 4) is 10.6 Å². The van der Waals surface area contributed by atoms with Gasteiger partial charge in [-0.15, -0.1) is 11.3 Å². The van der Waals surface area contributed by atoms with Gasteiger partial charge in [0.25, 0.3) is 0 Å². The summed E-state index contributed by atoms with van der Waals surface area (Å²) in [6, 6.07) is 10.9. The molecule has 100 valence electrons. The second-order valence-corrected chi connectivity index (χ2v) is 6.44. The molecule has 1 aromatic carbocycles. The van der Waals surface area contributed by atoms with E-state index in [0.29, 0.717) is 6.04 Å². The Morgan fingerprint density at radius 2 is 2.05 bits per heavy atom. The van der Waals surface area contributed by atoms with Crippen LogP contribution in [0, 0.1) is 12.8 Å². The minimum atomic E-state index is 0.413. The smallest absolute Gasteiger partial charge is 0.123 e. The molecule has 3 rings (SSSR count). The molecule has 0 bridgehead atoms. The van der Waals surface area contributed by atoms with E-state index in [9.17, 15) is 0 Å². The van der Waals surface area contributed by atoms with E-state index in [1.165, 1.54) is 29.0 Å². The molecule has 0 radical (unpaired) electrons. The summed E-state index contributed by atoms with van der Waals surface area (Å²) in [6.45, 7) is 5.52. The first-order chi connectivity index (χ1) is 9.24. The highest BCUT2D eigenvalue weighted by Crippen LogP contribution is 2.33. The average molecular weight is 272 g/mol. The van der Waals surface area contributed by atoms with Crippen molar-refractivity contribution in [1.82, 2.24) is 10.3 Å². The van der Waals surface area contributed by atoms with Crippen LogP contribution >= 0.6 is 11.3 Å². The lowest BCUT2D eigenvalue weighted by molar-refractivity contribution is 0.553. The zero-order chi connectivity index (χ0) is 13.2. The SMILES string of the molecule is Cc1nc(-c2ccccc2)sc1C(C)NCC1CC1. The van der Waals surface area contributed by atoms with Gasteiger partial charge in [0.15, 0.2) is 0 Å². The second kappa shape index (κ2) is 5.43. The first-order valence-corrected chi connectivity index (χ1v) is 7.82. The van der Waals surface area contributed by atoms with E-state index in [-0.39, 0.29) is 0 Å². The molecule has 1 unspecified atom stereocenters. The van der Waals surface area contributed by atoms with Gasteiger partial charge in [0, 0.05) is 16.5 Å². The summed E-state index contributed by atoms with van der Waals surface area (Å²) in [5.41, 5.74) is 2.39. The maximum Gasteiger partial charge on any atom is 0.123 e. The third-order valence-corrected chi connectivity index (χ3v) is 5.05. The molecule has 1 heterocycles. The van der Waals surface area contributed by atoms with Gasteiger partial charge in [-0.05, 0) is 39.2 Å². The van der Waals surface area contributed by atoms with Crippen molar-refractivity contribution in [2.75, 3.05) is 6.54 Å². The Labute approximate surface area is 118 Å². The van der Waals surface area contributed by atoms with E-state index in [0.717, 1.165) is 17.5 Å². The fraction of sp³-hybridized carbons (Fsp3) is 0.438. The Morgan fingerprint density at radius 1 is 1.32 bits per heavy atom. The van der Waals surface area contributed by atoms with Crippen molar-refractivity contribution < 1.29 is 0 Å². The fourth-order valence-corrected chi connectivity index (χ4v) is 3.37. The van der Waals surface area contributed by atoms with Crippen molar-refractivity contribution in [1.29, 1.82) is 0 Å². The third kappa shape index (κ3) is 3.04. The highest BCUT2D eigenvalue weighted by Gasteiger charge is 2.22. The molecule has 1 aromatic heterocycles. The molecule has 0 spiro atoms. The highest BCUT2D eigenvalue weighted by atomic mass is 32.1. The van der Waals surface area contributed by atoms with Crippen LogP contribution in [0.3, 0.4) is 0 Å². The van der Waals surface area contributed by atoms with Gasteiger partial charge < -0.3 is 5.32 Å². The van der Waals surface area contributed by atoms with Crippen LogP contribution in [0.15, 0.2) is 30.3 Å². The summed E-state index contributed by atoms with van der Waals surface area (Å²) in [4.78, 5) is 6.10. The van der Waals surface area contributed by atoms with Gasteiger partial charge in [-0.25, -0.2) is 4.98 Å². The molecule has 3 heteroatoms. The van der Waals surface area contributed by atoms with E-state index < -0.39 is 0 Å². The van der Waals surface area contributed by atoms with Crippen molar-refractivity contribution in [2.24, 2.45) is 5.92 Å². The van der Waals surface area contributed by atoms with Crippen molar-refractivity contribution in [3.63, 3.8) is 0 Å². The van der Waals surface area contributed by atoms with E-state index in [1.54, 1.807) is 0 Å². The van der Waals surface area contributed by atoms with Gasteiger partial charge in [0.05, 0.1) is 5.69 Å². The van der Waals surface area contributed by atoms with Crippen LogP contribution in [-0.4, -0.2) is 11.5 Å². The van der Waals surface area contributed by atoms with Gasteiger partial charge in [-0.1, -0.05) is 30.3 Å². The van der Waals surface area contributed by atoms with Gasteiger partial charge in [-0.3, -0.25) is 0 Å². The zero-order valence-electron chi connectivity index (χ0n) is 11.5. The number of nitrogens with one attached hydrogen (secondary N) is 1. The Morgan fingerprint density at radius 3 is 2.74 bits per heavy atom. The molecule has 1 N–H and O–H groups in total. The summed E-state index contributed by atoms with van der Waals surface area (Å²) in [7, 11) is 0. The molecule has 1 aliphatic rings. The number of benzene rings is 1. The predicted octanol–water partition coefficient (Wildman–Crippen LogP) is 4.18. The number of aromatic nitrogens is 1. The number of hydrogen-bond donors (Lipinski definition) is 1. The van der Waals surface area contributed by atoms with E-state index >= 15 is 0 Å². The Bertz CT molecular complexity index is 543. The van der Waals surface area contributed by atoms with Gasteiger partial charge in [-0.2, -0.15) is 0 Å². The largest absolute Gasteiger partial charge is 0.309 e. The third-order valence-electron chi connectivity index (χ3n) is 3.66. The van der Waals surface area contributed by atoms with Crippen LogP contribution in [0.25, 0.3) is 10.6 Å². The lowest BCUT2D eigenvalue weighted by Gasteiger charge is -2.11. The van der Waals surface area contributed by atoms with E-state index in [4.69, 9.17) is 4.98 Å². The van der Waals surface area contributed by atoms with E-state index in [1.807, 2.05) is 17.4 Å². The van der Waals surface area contributed by atoms with Crippen molar-refractivity contribution in [3.05, 3.63) is 40.9 Å². The van der Waals surface area contributed by atoms with Crippen LogP contribution in [0.5, 0.6) is 0 Å². The number of nitrogens with zero attached hydrogens (tertiary/aromatic N) is 1. The van der Waals surface area contributed by atoms with Crippen LogP contribution in [-0.2, 0) is 0 Å². The molecule has 1 aliphatic carbocycles. The molecule has 0 amide bonds. The first kappa shape index (κ1) is 12.8. The normalized spacial score (nSPS) is 16.5. The monoisotopic (exact) mass is 272 g/mol. The summed E-state index contributed by atoms with van der Waals surface area (Å²) in [6.07, 6.45) is 2.80. The summed E-state index contributed by atoms with van der Waals surface area (Å²) >= 11 is 1.82. The van der Waals surface area contributed by atoms with Gasteiger partial charge in [0.1, 0.15) is 5.01 Å². The maximum atomic E-state index is 4.72. The molecular weight excluding hydrogens is 252 g/mol. The minimum Gasteiger partial charge on any atom is -0.309 e. The second-order valence-electron chi connectivity index (χ2n) is 5.41. The van der Waals surface area contributed by atoms with Crippen LogP contribution in [0.4, 0.5) is 0 Å². The van der Waals surface area contributed by atoms with E-state index in [2.05, 4.69) is 43.4 Å². The molecule has 2 nitrogen and oxygen atoms in total. The number of thiazole rings is 1. The first-order valence-electron chi connectivity index (χ1n) is 7.00. The lowest BCUT2D eigenvalue weighted by Crippen LogP contribution is -2.20. The Kier molecular flexibility index (Phi) is 3.67. The highest BCUT2D eigenvalue weighted by molar-refractivity contribution is 7.15. The molecule has 1 saturated carbocycles. The van der Waals surface area contributed by atoms with Gasteiger partial charge in [0.2, 0.25) is 0 Å². The molecule has 1 fully saturated rings. The maximum absolute atomic E-state index is 4.72. The number of aryl methyl sites for hydroxylation is 1. The zero-order valence-corrected chi connectivity index (χ0v) is 12.3. The fourth-order valence-electron chi connectivity index (χ4n) is 2.27. The van der Waals surface area contributed by atoms with Crippen LogP contribution in [0.1, 0.15) is 36.4 Å². The van der Waals surface area contributed by atoms with Crippen molar-refractivity contribution >= 4 is 11.3 Å². The molecule has 19 heavy (non-hydrogen) atoms. The van der Waals surface area contributed by atoms with Gasteiger partial charge >= 0.3 is 0 Å². The minimum absolute atomic E-state index is 0.413. The molecule has 0 saturated heterocycles. The van der Waals surface area contributed by atoms with Crippen LogP contribution < -0.4 is 5.32 Å². The summed E-state index contributed by atoms with van der Waals surface area (Å²) in [5.74, 6) is 0.921. The Hall–Kier alpha value is -1.19. The van der Waals surface area contributed by atoms with Crippen molar-refractivity contribution in [2.45, 2.75) is 32.7 Å². The molecular formula is C16H20N2S. The molecule has 2 aromatic rings. The summed E-state index contributed by atoms with van der Waals surface area (Å²) < 4.78 is 0. The number of rotatable bonds is 5. The van der Waals surface area contributed by atoms with Crippen LogP contribution in [0.2, 0.25) is 0 Å².